The lowest BCUT2D eigenvalue weighted by Crippen LogP contribution is -2.42. The summed E-state index contributed by atoms with van der Waals surface area (Å²) in [6.07, 6.45) is 0.962. The van der Waals surface area contributed by atoms with Crippen molar-refractivity contribution in [2.24, 2.45) is 0 Å². The van der Waals surface area contributed by atoms with E-state index >= 15 is 0 Å². The summed E-state index contributed by atoms with van der Waals surface area (Å²) < 4.78 is 0. The van der Waals surface area contributed by atoms with Gasteiger partial charge in [0, 0.05) is 19.4 Å². The highest BCUT2D eigenvalue weighted by Crippen LogP contribution is 2.04. The molecule has 0 spiro atoms. The number of Topliss-reactive ketones (excluding diaryl/α,β-unsaturated/α-hetero) is 1. The summed E-state index contributed by atoms with van der Waals surface area (Å²) in [6.45, 7) is 7.94. The van der Waals surface area contributed by atoms with Gasteiger partial charge in [-0.1, -0.05) is 13.8 Å². The van der Waals surface area contributed by atoms with Crippen LogP contribution in [0.15, 0.2) is 0 Å². The molecule has 0 saturated heterocycles. The summed E-state index contributed by atoms with van der Waals surface area (Å²) in [5, 5.41) is 0. The fourth-order valence-corrected chi connectivity index (χ4v) is 1.34. The lowest BCUT2D eigenvalue weighted by atomic mass is 10.1. The Morgan fingerprint density at radius 1 is 1.15 bits per heavy atom. The molecule has 1 amide bonds. The molecule has 0 aliphatic carbocycles. The first-order chi connectivity index (χ1) is 6.08. The van der Waals surface area contributed by atoms with Crippen molar-refractivity contribution in [2.45, 2.75) is 46.6 Å². The number of amides is 1. The average Bonchev–Trinajstić information content (AvgIpc) is 2.17. The van der Waals surface area contributed by atoms with E-state index in [0.717, 1.165) is 0 Å². The molecular weight excluding hydrogens is 166 g/mol. The van der Waals surface area contributed by atoms with E-state index in [9.17, 15) is 9.59 Å². The van der Waals surface area contributed by atoms with Gasteiger partial charge in [0.25, 0.3) is 0 Å². The van der Waals surface area contributed by atoms with Gasteiger partial charge < -0.3 is 4.90 Å². The fourth-order valence-electron chi connectivity index (χ4n) is 1.34. The third kappa shape index (κ3) is 3.17. The normalized spacial score (nSPS) is 12.3. The van der Waals surface area contributed by atoms with Crippen LogP contribution in [0.25, 0.3) is 0 Å². The molecule has 0 heterocycles. The predicted molar refractivity (Wildman–Crippen MR) is 52.4 cm³/mol. The third-order valence-electron chi connectivity index (χ3n) is 2.25. The van der Waals surface area contributed by atoms with Gasteiger partial charge in [0.15, 0.2) is 5.78 Å². The monoisotopic (exact) mass is 185 g/mol. The molecular formula is C10H19NO2. The standard InChI is InChI=1S/C10H19NO2/c1-5-9(12)8(4)11(7-3)10(13)6-2/h8H,5-7H2,1-4H3/t8-/m0/s1. The van der Waals surface area contributed by atoms with Crippen LogP contribution in [0.5, 0.6) is 0 Å². The topological polar surface area (TPSA) is 37.4 Å². The van der Waals surface area contributed by atoms with Crippen molar-refractivity contribution in [1.29, 1.82) is 0 Å². The Morgan fingerprint density at radius 3 is 2.00 bits per heavy atom. The molecule has 0 rings (SSSR count). The van der Waals surface area contributed by atoms with Gasteiger partial charge in [0.1, 0.15) is 0 Å². The van der Waals surface area contributed by atoms with Crippen molar-refractivity contribution in [3.63, 3.8) is 0 Å². The average molecular weight is 185 g/mol. The second kappa shape index (κ2) is 5.73. The van der Waals surface area contributed by atoms with E-state index in [0.29, 0.717) is 19.4 Å². The molecule has 0 bridgehead atoms. The quantitative estimate of drug-likeness (QED) is 0.652. The van der Waals surface area contributed by atoms with E-state index < -0.39 is 0 Å². The van der Waals surface area contributed by atoms with E-state index in [1.165, 1.54) is 0 Å². The van der Waals surface area contributed by atoms with E-state index in [2.05, 4.69) is 0 Å². The summed E-state index contributed by atoms with van der Waals surface area (Å²) in [4.78, 5) is 24.3. The van der Waals surface area contributed by atoms with Crippen molar-refractivity contribution in [1.82, 2.24) is 4.90 Å². The van der Waals surface area contributed by atoms with Gasteiger partial charge in [0.2, 0.25) is 5.91 Å². The highest BCUT2D eigenvalue weighted by molar-refractivity contribution is 5.88. The minimum absolute atomic E-state index is 0.0526. The van der Waals surface area contributed by atoms with E-state index in [4.69, 9.17) is 0 Å². The molecule has 1 atom stereocenters. The van der Waals surface area contributed by atoms with Crippen molar-refractivity contribution < 1.29 is 9.59 Å². The number of carbonyl (C=O) groups is 2. The van der Waals surface area contributed by atoms with Crippen LogP contribution < -0.4 is 0 Å². The Morgan fingerprint density at radius 2 is 1.69 bits per heavy atom. The molecule has 0 unspecified atom stereocenters. The van der Waals surface area contributed by atoms with Crippen LogP contribution in [0, 0.1) is 0 Å². The first-order valence-electron chi connectivity index (χ1n) is 4.90. The summed E-state index contributed by atoms with van der Waals surface area (Å²) in [7, 11) is 0. The number of nitrogens with zero attached hydrogens (tertiary/aromatic N) is 1. The molecule has 0 radical (unpaired) electrons. The summed E-state index contributed by atoms with van der Waals surface area (Å²) in [5.74, 6) is 0.181. The van der Waals surface area contributed by atoms with Gasteiger partial charge in [-0.2, -0.15) is 0 Å². The lowest BCUT2D eigenvalue weighted by Gasteiger charge is -2.26. The largest absolute Gasteiger partial charge is 0.333 e. The van der Waals surface area contributed by atoms with Gasteiger partial charge in [0.05, 0.1) is 6.04 Å². The molecule has 0 saturated carbocycles. The first kappa shape index (κ1) is 12.1. The maximum Gasteiger partial charge on any atom is 0.222 e. The zero-order valence-electron chi connectivity index (χ0n) is 8.96. The second-order valence-electron chi connectivity index (χ2n) is 3.03. The van der Waals surface area contributed by atoms with Gasteiger partial charge in [-0.15, -0.1) is 0 Å². The number of rotatable bonds is 5. The van der Waals surface area contributed by atoms with Crippen LogP contribution in [0.2, 0.25) is 0 Å². The highest BCUT2D eigenvalue weighted by atomic mass is 16.2. The van der Waals surface area contributed by atoms with Crippen LogP contribution in [-0.2, 0) is 9.59 Å². The van der Waals surface area contributed by atoms with E-state index in [-0.39, 0.29) is 17.7 Å². The molecule has 0 aromatic heterocycles. The molecule has 0 N–H and O–H groups in total. The van der Waals surface area contributed by atoms with Gasteiger partial charge in [-0.25, -0.2) is 0 Å². The predicted octanol–water partition coefficient (Wildman–Crippen LogP) is 1.61. The highest BCUT2D eigenvalue weighted by Gasteiger charge is 2.21. The smallest absolute Gasteiger partial charge is 0.222 e. The molecule has 0 aliphatic rings. The second-order valence-corrected chi connectivity index (χ2v) is 3.03. The number of ketones is 1. The maximum absolute atomic E-state index is 11.4. The lowest BCUT2D eigenvalue weighted by molar-refractivity contribution is -0.138. The first-order valence-corrected chi connectivity index (χ1v) is 4.90. The number of hydrogen-bond donors (Lipinski definition) is 0. The Bertz CT molecular complexity index is 189. The molecule has 76 valence electrons. The Balaban J connectivity index is 4.39. The van der Waals surface area contributed by atoms with Crippen LogP contribution in [-0.4, -0.2) is 29.2 Å². The Labute approximate surface area is 80.1 Å². The van der Waals surface area contributed by atoms with Crippen LogP contribution in [0.3, 0.4) is 0 Å². The minimum Gasteiger partial charge on any atom is -0.333 e. The maximum atomic E-state index is 11.4. The molecule has 13 heavy (non-hydrogen) atoms. The molecule has 3 heteroatoms. The summed E-state index contributed by atoms with van der Waals surface area (Å²) in [6, 6.07) is -0.262. The van der Waals surface area contributed by atoms with E-state index in [1.807, 2.05) is 20.8 Å². The molecule has 0 aliphatic heterocycles. The zero-order chi connectivity index (χ0) is 10.4. The molecule has 0 fully saturated rings. The van der Waals surface area contributed by atoms with Crippen molar-refractivity contribution in [2.75, 3.05) is 6.54 Å². The molecule has 0 aromatic rings. The van der Waals surface area contributed by atoms with Crippen LogP contribution in [0.4, 0.5) is 0 Å². The summed E-state index contributed by atoms with van der Waals surface area (Å²) in [5.41, 5.74) is 0. The van der Waals surface area contributed by atoms with Gasteiger partial charge >= 0.3 is 0 Å². The zero-order valence-corrected chi connectivity index (χ0v) is 8.96. The number of carbonyl (C=O) groups excluding carboxylic acids is 2. The van der Waals surface area contributed by atoms with Crippen molar-refractivity contribution in [3.8, 4) is 0 Å². The Kier molecular flexibility index (Phi) is 5.35. The minimum atomic E-state index is -0.262. The summed E-state index contributed by atoms with van der Waals surface area (Å²) >= 11 is 0. The van der Waals surface area contributed by atoms with Gasteiger partial charge in [-0.3, -0.25) is 9.59 Å². The molecule has 3 nitrogen and oxygen atoms in total. The van der Waals surface area contributed by atoms with Gasteiger partial charge in [-0.05, 0) is 13.8 Å². The third-order valence-corrected chi connectivity index (χ3v) is 2.25. The SMILES string of the molecule is CCC(=O)[C@H](C)N(CC)C(=O)CC. The number of likely N-dealkylation sites (N-methyl/N-ethyl adjacent to an activating group) is 1. The molecule has 0 aromatic carbocycles. The number of hydrogen-bond acceptors (Lipinski definition) is 2. The fraction of sp³-hybridized carbons (Fsp3) is 0.800. The van der Waals surface area contributed by atoms with E-state index in [1.54, 1.807) is 11.8 Å². The van der Waals surface area contributed by atoms with Crippen LogP contribution in [0.1, 0.15) is 40.5 Å². The van der Waals surface area contributed by atoms with Crippen molar-refractivity contribution >= 4 is 11.7 Å². The van der Waals surface area contributed by atoms with Crippen LogP contribution >= 0.6 is 0 Å². The Hall–Kier alpha value is -0.860. The van der Waals surface area contributed by atoms with Crippen molar-refractivity contribution in [3.05, 3.63) is 0 Å².